The summed E-state index contributed by atoms with van der Waals surface area (Å²) in [5.74, 6) is 0.906. The van der Waals surface area contributed by atoms with Crippen molar-refractivity contribution in [2.45, 2.75) is 50.9 Å². The highest BCUT2D eigenvalue weighted by molar-refractivity contribution is 7.93. The number of anilines is 1. The molecule has 0 spiro atoms. The minimum atomic E-state index is -4.24. The van der Waals surface area contributed by atoms with Gasteiger partial charge in [0.05, 0.1) is 19.5 Å². The highest BCUT2D eigenvalue weighted by atomic mass is 32.2. The summed E-state index contributed by atoms with van der Waals surface area (Å²) >= 11 is 0. The maximum Gasteiger partial charge on any atom is 0.410 e. The number of sulfonamides is 1. The molecular weight excluding hydrogens is 605 g/mol. The number of halogens is 1. The fourth-order valence-electron chi connectivity index (χ4n) is 5.27. The van der Waals surface area contributed by atoms with E-state index in [9.17, 15) is 17.6 Å². The third-order valence-electron chi connectivity index (χ3n) is 7.33. The highest BCUT2D eigenvalue weighted by Gasteiger charge is 2.40. The highest BCUT2D eigenvalue weighted by Crippen LogP contribution is 2.39. The van der Waals surface area contributed by atoms with Gasteiger partial charge in [0.25, 0.3) is 0 Å². The first-order valence-electron chi connectivity index (χ1n) is 14.3. The monoisotopic (exact) mass is 641 g/mol. The summed E-state index contributed by atoms with van der Waals surface area (Å²) in [6.45, 7) is 7.04. The molecule has 4 aromatic rings. The number of methoxy groups -OCH3 is 2. The number of piperidine rings is 1. The number of para-hydroxylation sites is 1. The Balaban J connectivity index is 1.56. The lowest BCUT2D eigenvalue weighted by Crippen LogP contribution is -2.50. The molecule has 2 aromatic carbocycles. The van der Waals surface area contributed by atoms with Crippen molar-refractivity contribution in [3.05, 3.63) is 71.7 Å². The molecule has 3 heterocycles. The quantitative estimate of drug-likeness (QED) is 0.263. The second kappa shape index (κ2) is 12.4. The smallest absolute Gasteiger partial charge is 0.410 e. The number of hydrogen-bond donors (Lipinski definition) is 1. The molecular formula is C31H36FN5O7S. The van der Waals surface area contributed by atoms with Crippen molar-refractivity contribution in [3.63, 3.8) is 0 Å². The summed E-state index contributed by atoms with van der Waals surface area (Å²) in [4.78, 5) is 14.6. The predicted octanol–water partition coefficient (Wildman–Crippen LogP) is 5.53. The van der Waals surface area contributed by atoms with E-state index in [1.165, 1.54) is 35.8 Å². The number of likely N-dealkylation sites (tertiary alicyclic amines) is 1. The number of aromatic nitrogens is 3. The number of nitrogens with zero attached hydrogens (tertiary/aromatic N) is 4. The Labute approximate surface area is 261 Å². The summed E-state index contributed by atoms with van der Waals surface area (Å²) < 4.78 is 68.8. The maximum absolute atomic E-state index is 14.2. The van der Waals surface area contributed by atoms with E-state index in [-0.39, 0.29) is 31.3 Å². The minimum Gasteiger partial charge on any atom is -0.494 e. The molecule has 0 bridgehead atoms. The van der Waals surface area contributed by atoms with Gasteiger partial charge < -0.3 is 23.5 Å². The number of rotatable bonds is 8. The first kappa shape index (κ1) is 31.8. The lowest BCUT2D eigenvalue weighted by molar-refractivity contribution is 0.0202. The van der Waals surface area contributed by atoms with Crippen molar-refractivity contribution in [2.24, 2.45) is 0 Å². The molecule has 1 saturated heterocycles. The van der Waals surface area contributed by atoms with E-state index in [4.69, 9.17) is 18.6 Å². The van der Waals surface area contributed by atoms with Crippen LogP contribution in [0.25, 0.3) is 17.3 Å². The van der Waals surface area contributed by atoms with Gasteiger partial charge in [-0.3, -0.25) is 9.29 Å². The average molecular weight is 642 g/mol. The third-order valence-corrected chi connectivity index (χ3v) is 9.01. The van der Waals surface area contributed by atoms with Gasteiger partial charge in [-0.2, -0.15) is 0 Å². The Kier molecular flexibility index (Phi) is 8.79. The van der Waals surface area contributed by atoms with E-state index in [1.807, 2.05) is 0 Å². The number of ether oxygens (including phenoxy) is 3. The summed E-state index contributed by atoms with van der Waals surface area (Å²) in [6, 6.07) is 14.4. The van der Waals surface area contributed by atoms with Gasteiger partial charge in [-0.25, -0.2) is 17.6 Å². The van der Waals surface area contributed by atoms with Crippen LogP contribution in [0.5, 0.6) is 11.5 Å². The molecule has 1 aliphatic heterocycles. The molecule has 45 heavy (non-hydrogen) atoms. The summed E-state index contributed by atoms with van der Waals surface area (Å²) in [5.41, 5.74) is 0.247. The van der Waals surface area contributed by atoms with Crippen LogP contribution in [0.2, 0.25) is 0 Å². The Morgan fingerprint density at radius 2 is 1.67 bits per heavy atom. The molecule has 0 radical (unpaired) electrons. The molecule has 1 N–H and O–H groups in total. The van der Waals surface area contributed by atoms with Crippen LogP contribution in [-0.2, 0) is 14.8 Å². The van der Waals surface area contributed by atoms with Crippen LogP contribution in [0.3, 0.4) is 0 Å². The zero-order valence-electron chi connectivity index (χ0n) is 25.9. The van der Waals surface area contributed by atoms with Crippen LogP contribution in [0.15, 0.2) is 59.0 Å². The van der Waals surface area contributed by atoms with Crippen molar-refractivity contribution >= 4 is 22.1 Å². The second-order valence-electron chi connectivity index (χ2n) is 11.7. The van der Waals surface area contributed by atoms with E-state index in [0.717, 1.165) is 0 Å². The molecule has 1 amide bonds. The van der Waals surface area contributed by atoms with Crippen molar-refractivity contribution in [1.82, 2.24) is 19.7 Å². The Hall–Kier alpha value is -4.59. The molecule has 1 aliphatic rings. The number of hydrogen-bond acceptors (Lipinski definition) is 9. The van der Waals surface area contributed by atoms with Crippen LogP contribution >= 0.6 is 0 Å². The number of carbonyl (C=O) groups is 1. The summed E-state index contributed by atoms with van der Waals surface area (Å²) in [6.07, 6.45) is -0.497. The number of nitrogens with one attached hydrogen (secondary N) is 1. The first-order valence-corrected chi connectivity index (χ1v) is 15.8. The van der Waals surface area contributed by atoms with Gasteiger partial charge in [0.15, 0.2) is 5.76 Å². The molecule has 2 atom stereocenters. The number of benzene rings is 2. The zero-order valence-corrected chi connectivity index (χ0v) is 26.7. The van der Waals surface area contributed by atoms with Gasteiger partial charge in [0, 0.05) is 19.0 Å². The molecule has 0 unspecified atom stereocenters. The zero-order chi connectivity index (χ0) is 32.5. The normalized spacial score (nSPS) is 17.2. The van der Waals surface area contributed by atoms with Crippen LogP contribution in [0, 0.1) is 12.7 Å². The lowest BCUT2D eigenvalue weighted by Gasteiger charge is -2.38. The molecule has 1 fully saturated rings. The van der Waals surface area contributed by atoms with Crippen LogP contribution in [0.1, 0.15) is 44.4 Å². The van der Waals surface area contributed by atoms with Crippen LogP contribution in [0.4, 0.5) is 15.1 Å². The Morgan fingerprint density at radius 3 is 2.24 bits per heavy atom. The lowest BCUT2D eigenvalue weighted by atomic mass is 9.90. The molecule has 14 heteroatoms. The fourth-order valence-corrected chi connectivity index (χ4v) is 6.68. The van der Waals surface area contributed by atoms with Gasteiger partial charge in [-0.05, 0) is 76.1 Å². The topological polar surface area (TPSA) is 138 Å². The Bertz CT molecular complexity index is 1760. The number of aryl methyl sites for hydroxylation is 1. The second-order valence-corrected chi connectivity index (χ2v) is 13.7. The van der Waals surface area contributed by atoms with Crippen molar-refractivity contribution < 1.29 is 36.2 Å². The maximum atomic E-state index is 14.2. The van der Waals surface area contributed by atoms with E-state index in [2.05, 4.69) is 14.9 Å². The fraction of sp³-hybridized carbons (Fsp3) is 0.387. The van der Waals surface area contributed by atoms with E-state index >= 15 is 0 Å². The Morgan fingerprint density at radius 1 is 1.00 bits per heavy atom. The summed E-state index contributed by atoms with van der Waals surface area (Å²) in [5, 5.41) is 7.38. The van der Waals surface area contributed by atoms with Gasteiger partial charge in [0.1, 0.15) is 34.4 Å². The summed E-state index contributed by atoms with van der Waals surface area (Å²) in [7, 11) is -1.28. The van der Waals surface area contributed by atoms with Crippen molar-refractivity contribution in [2.75, 3.05) is 32.0 Å². The van der Waals surface area contributed by atoms with Crippen LogP contribution < -0.4 is 14.2 Å². The van der Waals surface area contributed by atoms with Crippen molar-refractivity contribution in [3.8, 4) is 28.8 Å². The molecule has 12 nitrogen and oxygen atoms in total. The number of carbonyl (C=O) groups excluding carboxylic acids is 1. The van der Waals surface area contributed by atoms with Gasteiger partial charge in [-0.15, -0.1) is 10.2 Å². The number of amides is 1. The number of furan rings is 1. The minimum absolute atomic E-state index is 0.141. The molecule has 2 aromatic heterocycles. The van der Waals surface area contributed by atoms with E-state index < -0.39 is 38.7 Å². The van der Waals surface area contributed by atoms with Gasteiger partial charge in [-0.1, -0.05) is 18.2 Å². The molecule has 0 saturated carbocycles. The van der Waals surface area contributed by atoms with Crippen molar-refractivity contribution in [1.29, 1.82) is 0 Å². The van der Waals surface area contributed by atoms with Gasteiger partial charge in [0.2, 0.25) is 21.8 Å². The third kappa shape index (κ3) is 6.90. The van der Waals surface area contributed by atoms with E-state index in [0.29, 0.717) is 34.3 Å². The SMILES string of the molecule is COc1cccc(OC)c1-n1c(NS(=O)(=O)[C@H]2C[C@@H](c3ccc(F)cc3)CN(C(=O)OC(C)(C)C)C2)nnc1-c1ccc(C)o1. The van der Waals surface area contributed by atoms with E-state index in [1.54, 1.807) is 70.2 Å². The average Bonchev–Trinajstić information content (AvgIpc) is 3.61. The van der Waals surface area contributed by atoms with Gasteiger partial charge >= 0.3 is 6.09 Å². The predicted molar refractivity (Wildman–Crippen MR) is 165 cm³/mol. The first-order chi connectivity index (χ1) is 21.3. The van der Waals surface area contributed by atoms with Crippen LogP contribution in [-0.4, -0.2) is 72.3 Å². The standard InChI is InChI=1S/C31H36FN5O7S/c1-19-10-15-26(43-19)28-33-34-29(37(28)27-24(41-5)8-7-9-25(27)42-6)35-45(39,40)23-16-21(20-11-13-22(32)14-12-20)17-36(18-23)30(38)44-31(2,3)4/h7-15,21,23H,16-18H2,1-6H3,(H,34,35)/t21-,23+/m1/s1. The molecule has 240 valence electrons. The molecule has 5 rings (SSSR count). The molecule has 0 aliphatic carbocycles. The largest absolute Gasteiger partial charge is 0.494 e.